The average Bonchev–Trinajstić information content (AvgIpc) is 3.15. The minimum Gasteiger partial charge on any atom is -0.462 e. The summed E-state index contributed by atoms with van der Waals surface area (Å²) in [4.78, 5) is 42.5. The Morgan fingerprint density at radius 1 is 1.19 bits per heavy atom. The van der Waals surface area contributed by atoms with Crippen molar-refractivity contribution in [2.45, 2.75) is 52.5 Å². The second-order valence-corrected chi connectivity index (χ2v) is 9.23. The fourth-order valence-electron chi connectivity index (χ4n) is 3.03. The molecular formula is C23H27N3O4S. The first-order chi connectivity index (χ1) is 14.7. The highest BCUT2D eigenvalue weighted by atomic mass is 32.1. The van der Waals surface area contributed by atoms with Crippen LogP contribution >= 0.6 is 11.3 Å². The Morgan fingerprint density at radius 3 is 2.55 bits per heavy atom. The van der Waals surface area contributed by atoms with Crippen LogP contribution in [0.3, 0.4) is 0 Å². The Morgan fingerprint density at radius 2 is 1.90 bits per heavy atom. The smallest absolute Gasteiger partial charge is 0.339 e. The Labute approximate surface area is 185 Å². The number of aromatic nitrogens is 2. The summed E-state index contributed by atoms with van der Waals surface area (Å²) < 4.78 is 6.44. The van der Waals surface area contributed by atoms with Gasteiger partial charge in [-0.25, -0.2) is 9.78 Å². The van der Waals surface area contributed by atoms with Gasteiger partial charge in [-0.05, 0) is 29.5 Å². The molecule has 0 atom stereocenters. The molecule has 0 saturated heterocycles. The van der Waals surface area contributed by atoms with Gasteiger partial charge in [0.15, 0.2) is 0 Å². The van der Waals surface area contributed by atoms with Crippen molar-refractivity contribution < 1.29 is 14.3 Å². The molecular weight excluding hydrogens is 414 g/mol. The second kappa shape index (κ2) is 9.43. The molecule has 3 rings (SSSR count). The van der Waals surface area contributed by atoms with Crippen LogP contribution in [0, 0.1) is 0 Å². The summed E-state index contributed by atoms with van der Waals surface area (Å²) in [6, 6.07) is 7.62. The SMILES string of the molecule is CCCCOC(=O)c1csc2ncn(CC(=O)Nc3ccc(C(C)(C)C)cc3)c(=O)c12. The summed E-state index contributed by atoms with van der Waals surface area (Å²) in [5.41, 5.74) is 1.59. The van der Waals surface area contributed by atoms with E-state index in [1.807, 2.05) is 31.2 Å². The first kappa shape index (κ1) is 22.7. The standard InChI is InChI=1S/C23H27N3O4S/c1-5-6-11-30-22(29)17-13-31-20-19(17)21(28)26(14-24-20)12-18(27)25-16-9-7-15(8-10-16)23(2,3)4/h7-10,13-14H,5-6,11-12H2,1-4H3,(H,25,27). The molecule has 31 heavy (non-hydrogen) atoms. The number of anilines is 1. The highest BCUT2D eigenvalue weighted by molar-refractivity contribution is 7.17. The largest absolute Gasteiger partial charge is 0.462 e. The summed E-state index contributed by atoms with van der Waals surface area (Å²) in [5.74, 6) is -0.895. The third-order valence-electron chi connectivity index (χ3n) is 4.86. The van der Waals surface area contributed by atoms with Crippen LogP contribution in [0.4, 0.5) is 5.69 Å². The predicted octanol–water partition coefficient (Wildman–Crippen LogP) is 4.35. The molecule has 0 aliphatic carbocycles. The summed E-state index contributed by atoms with van der Waals surface area (Å²) in [6.07, 6.45) is 2.99. The van der Waals surface area contributed by atoms with E-state index in [4.69, 9.17) is 4.74 Å². The van der Waals surface area contributed by atoms with Crippen molar-refractivity contribution in [1.82, 2.24) is 9.55 Å². The molecule has 0 aliphatic heterocycles. The van der Waals surface area contributed by atoms with Crippen LogP contribution in [-0.4, -0.2) is 28.0 Å². The third kappa shape index (κ3) is 5.38. The number of hydrogen-bond donors (Lipinski definition) is 1. The van der Waals surface area contributed by atoms with Crippen molar-refractivity contribution in [2.24, 2.45) is 0 Å². The van der Waals surface area contributed by atoms with Crippen LogP contribution in [0.5, 0.6) is 0 Å². The lowest BCUT2D eigenvalue weighted by Crippen LogP contribution is -2.28. The Bertz CT molecular complexity index is 1140. The van der Waals surface area contributed by atoms with Gasteiger partial charge in [-0.2, -0.15) is 0 Å². The topological polar surface area (TPSA) is 90.3 Å². The zero-order chi connectivity index (χ0) is 22.6. The number of rotatable bonds is 7. The van der Waals surface area contributed by atoms with Gasteiger partial charge in [0, 0.05) is 11.1 Å². The summed E-state index contributed by atoms with van der Waals surface area (Å²) in [5, 5.41) is 4.56. The normalized spacial score (nSPS) is 11.5. The molecule has 0 fully saturated rings. The van der Waals surface area contributed by atoms with Crippen molar-refractivity contribution in [3.63, 3.8) is 0 Å². The van der Waals surface area contributed by atoms with Gasteiger partial charge in [0.05, 0.1) is 23.9 Å². The number of carbonyl (C=O) groups is 2. The molecule has 2 heterocycles. The number of amides is 1. The molecule has 0 aliphatic rings. The highest BCUT2D eigenvalue weighted by Gasteiger charge is 2.19. The molecule has 0 bridgehead atoms. The van der Waals surface area contributed by atoms with Crippen molar-refractivity contribution >= 4 is 39.1 Å². The number of hydrogen-bond acceptors (Lipinski definition) is 6. The molecule has 1 aromatic carbocycles. The Kier molecular flexibility index (Phi) is 6.90. The van der Waals surface area contributed by atoms with Crippen LogP contribution in [-0.2, 0) is 21.5 Å². The molecule has 164 valence electrons. The maximum Gasteiger partial charge on any atom is 0.339 e. The number of ether oxygens (including phenoxy) is 1. The number of thiophene rings is 1. The molecule has 0 spiro atoms. The molecule has 1 N–H and O–H groups in total. The van der Waals surface area contributed by atoms with Gasteiger partial charge >= 0.3 is 5.97 Å². The maximum atomic E-state index is 12.9. The summed E-state index contributed by atoms with van der Waals surface area (Å²) in [6.45, 7) is 8.46. The van der Waals surface area contributed by atoms with Gasteiger partial charge in [0.25, 0.3) is 5.56 Å². The van der Waals surface area contributed by atoms with Crippen LogP contribution in [0.25, 0.3) is 10.2 Å². The van der Waals surface area contributed by atoms with E-state index in [0.717, 1.165) is 18.4 Å². The van der Waals surface area contributed by atoms with Crippen LogP contribution < -0.4 is 10.9 Å². The van der Waals surface area contributed by atoms with Gasteiger partial charge in [-0.3, -0.25) is 14.2 Å². The number of esters is 1. The Balaban J connectivity index is 1.76. The third-order valence-corrected chi connectivity index (χ3v) is 5.75. The van der Waals surface area contributed by atoms with E-state index in [2.05, 4.69) is 31.1 Å². The number of carbonyl (C=O) groups excluding carboxylic acids is 2. The minimum atomic E-state index is -0.542. The zero-order valence-electron chi connectivity index (χ0n) is 18.2. The summed E-state index contributed by atoms with van der Waals surface area (Å²) >= 11 is 1.20. The van der Waals surface area contributed by atoms with Crippen molar-refractivity contribution in [3.8, 4) is 0 Å². The first-order valence-corrected chi connectivity index (χ1v) is 11.1. The van der Waals surface area contributed by atoms with Crippen molar-refractivity contribution in [3.05, 3.63) is 57.5 Å². The lowest BCUT2D eigenvalue weighted by atomic mass is 9.87. The number of fused-ring (bicyclic) bond motifs is 1. The molecule has 7 nitrogen and oxygen atoms in total. The zero-order valence-corrected chi connectivity index (χ0v) is 19.0. The predicted molar refractivity (Wildman–Crippen MR) is 123 cm³/mol. The van der Waals surface area contributed by atoms with E-state index in [-0.39, 0.29) is 28.8 Å². The molecule has 2 aromatic heterocycles. The fraction of sp³-hybridized carbons (Fsp3) is 0.391. The van der Waals surface area contributed by atoms with Crippen LogP contribution in [0.2, 0.25) is 0 Å². The van der Waals surface area contributed by atoms with Gasteiger partial charge in [-0.1, -0.05) is 46.2 Å². The lowest BCUT2D eigenvalue weighted by Gasteiger charge is -2.19. The number of nitrogens with one attached hydrogen (secondary N) is 1. The quantitative estimate of drug-likeness (QED) is 0.435. The first-order valence-electron chi connectivity index (χ1n) is 10.2. The average molecular weight is 442 g/mol. The molecule has 3 aromatic rings. The molecule has 0 saturated carbocycles. The van der Waals surface area contributed by atoms with E-state index >= 15 is 0 Å². The molecule has 0 radical (unpaired) electrons. The molecule has 1 amide bonds. The van der Waals surface area contributed by atoms with E-state index in [1.54, 1.807) is 5.38 Å². The second-order valence-electron chi connectivity index (χ2n) is 8.37. The van der Waals surface area contributed by atoms with Gasteiger partial charge in [-0.15, -0.1) is 11.3 Å². The van der Waals surface area contributed by atoms with Gasteiger partial charge < -0.3 is 10.1 Å². The lowest BCUT2D eigenvalue weighted by molar-refractivity contribution is -0.116. The monoisotopic (exact) mass is 441 g/mol. The Hall–Kier alpha value is -3.00. The number of nitrogens with zero attached hydrogens (tertiary/aromatic N) is 2. The molecule has 0 unspecified atom stereocenters. The van der Waals surface area contributed by atoms with E-state index in [0.29, 0.717) is 17.1 Å². The van der Waals surface area contributed by atoms with Gasteiger partial charge in [0.1, 0.15) is 11.4 Å². The fourth-order valence-corrected chi connectivity index (χ4v) is 3.89. The van der Waals surface area contributed by atoms with Crippen molar-refractivity contribution in [2.75, 3.05) is 11.9 Å². The highest BCUT2D eigenvalue weighted by Crippen LogP contribution is 2.24. The van der Waals surface area contributed by atoms with E-state index in [9.17, 15) is 14.4 Å². The van der Waals surface area contributed by atoms with Crippen LogP contribution in [0.1, 0.15) is 56.5 Å². The van der Waals surface area contributed by atoms with Crippen molar-refractivity contribution in [1.29, 1.82) is 0 Å². The summed E-state index contributed by atoms with van der Waals surface area (Å²) in [7, 11) is 0. The molecule has 8 heteroatoms. The number of unbranched alkanes of at least 4 members (excludes halogenated alkanes) is 1. The maximum absolute atomic E-state index is 12.9. The number of benzene rings is 1. The van der Waals surface area contributed by atoms with E-state index in [1.165, 1.54) is 22.2 Å². The van der Waals surface area contributed by atoms with Crippen LogP contribution in [0.15, 0.2) is 40.8 Å². The van der Waals surface area contributed by atoms with E-state index < -0.39 is 11.5 Å². The van der Waals surface area contributed by atoms with Gasteiger partial charge in [0.2, 0.25) is 5.91 Å². The minimum absolute atomic E-state index is 0.0207.